The summed E-state index contributed by atoms with van der Waals surface area (Å²) in [6.07, 6.45) is 0.0131. The SMILES string of the molecule is COC1C[C@H](C(C)=O)N(C(=O)OC(C)(C)C)C1. The zero-order chi connectivity index (χ0) is 13.2. The van der Waals surface area contributed by atoms with E-state index in [1.807, 2.05) is 0 Å². The first-order valence-electron chi connectivity index (χ1n) is 5.77. The first kappa shape index (κ1) is 14.0. The Morgan fingerprint density at radius 3 is 2.29 bits per heavy atom. The summed E-state index contributed by atoms with van der Waals surface area (Å²) in [4.78, 5) is 24.9. The molecule has 1 aliphatic heterocycles. The molecule has 0 aliphatic carbocycles. The Bertz CT molecular complexity index is 308. The fourth-order valence-electron chi connectivity index (χ4n) is 1.88. The molecule has 1 unspecified atom stereocenters. The van der Waals surface area contributed by atoms with Gasteiger partial charge >= 0.3 is 6.09 Å². The van der Waals surface area contributed by atoms with Crippen molar-refractivity contribution in [2.45, 2.75) is 51.9 Å². The number of hydrogen-bond donors (Lipinski definition) is 0. The minimum Gasteiger partial charge on any atom is -0.444 e. The summed E-state index contributed by atoms with van der Waals surface area (Å²) in [6.45, 7) is 7.31. The van der Waals surface area contributed by atoms with Crippen LogP contribution in [-0.2, 0) is 14.3 Å². The molecule has 17 heavy (non-hydrogen) atoms. The van der Waals surface area contributed by atoms with E-state index in [2.05, 4.69) is 0 Å². The van der Waals surface area contributed by atoms with Crippen LogP contribution < -0.4 is 0 Å². The molecule has 98 valence electrons. The van der Waals surface area contributed by atoms with Gasteiger partial charge in [-0.05, 0) is 27.7 Å². The third-order valence-corrected chi connectivity index (χ3v) is 2.69. The van der Waals surface area contributed by atoms with E-state index < -0.39 is 17.7 Å². The summed E-state index contributed by atoms with van der Waals surface area (Å²) in [5.41, 5.74) is -0.552. The largest absolute Gasteiger partial charge is 0.444 e. The number of likely N-dealkylation sites (tertiary alicyclic amines) is 1. The lowest BCUT2D eigenvalue weighted by Gasteiger charge is -2.27. The van der Waals surface area contributed by atoms with Gasteiger partial charge in [0.15, 0.2) is 5.78 Å². The molecule has 1 rings (SSSR count). The highest BCUT2D eigenvalue weighted by atomic mass is 16.6. The molecule has 1 saturated heterocycles. The van der Waals surface area contributed by atoms with Crippen LogP contribution in [0, 0.1) is 0 Å². The maximum atomic E-state index is 11.9. The Kier molecular flexibility index (Phi) is 4.14. The van der Waals surface area contributed by atoms with Gasteiger partial charge in [0.1, 0.15) is 5.60 Å². The van der Waals surface area contributed by atoms with E-state index in [1.165, 1.54) is 11.8 Å². The number of rotatable bonds is 2. The summed E-state index contributed by atoms with van der Waals surface area (Å²) < 4.78 is 10.5. The Hall–Kier alpha value is -1.10. The lowest BCUT2D eigenvalue weighted by molar-refractivity contribution is -0.121. The van der Waals surface area contributed by atoms with Crippen molar-refractivity contribution >= 4 is 11.9 Å². The normalized spacial score (nSPS) is 24.9. The number of amides is 1. The molecular weight excluding hydrogens is 222 g/mol. The van der Waals surface area contributed by atoms with Crippen molar-refractivity contribution in [2.75, 3.05) is 13.7 Å². The third-order valence-electron chi connectivity index (χ3n) is 2.69. The molecule has 0 aromatic heterocycles. The highest BCUT2D eigenvalue weighted by molar-refractivity contribution is 5.86. The van der Waals surface area contributed by atoms with Crippen molar-refractivity contribution in [1.29, 1.82) is 0 Å². The quantitative estimate of drug-likeness (QED) is 0.739. The summed E-state index contributed by atoms with van der Waals surface area (Å²) >= 11 is 0. The Morgan fingerprint density at radius 2 is 1.88 bits per heavy atom. The zero-order valence-electron chi connectivity index (χ0n) is 11.1. The van der Waals surface area contributed by atoms with Gasteiger partial charge in [0.2, 0.25) is 0 Å². The Morgan fingerprint density at radius 1 is 1.29 bits per heavy atom. The smallest absolute Gasteiger partial charge is 0.410 e. The molecule has 5 heteroatoms. The Balaban J connectivity index is 2.73. The third kappa shape index (κ3) is 3.70. The molecule has 2 atom stereocenters. The molecule has 5 nitrogen and oxygen atoms in total. The van der Waals surface area contributed by atoms with Gasteiger partial charge in [-0.15, -0.1) is 0 Å². The van der Waals surface area contributed by atoms with Gasteiger partial charge in [-0.2, -0.15) is 0 Å². The van der Waals surface area contributed by atoms with Crippen molar-refractivity contribution in [3.05, 3.63) is 0 Å². The number of Topliss-reactive ketones (excluding diaryl/α,β-unsaturated/α-hetero) is 1. The topological polar surface area (TPSA) is 55.8 Å². The molecule has 1 fully saturated rings. The summed E-state index contributed by atoms with van der Waals surface area (Å²) in [6, 6.07) is -0.421. The number of carbonyl (C=O) groups is 2. The van der Waals surface area contributed by atoms with Gasteiger partial charge in [0.05, 0.1) is 18.7 Å². The van der Waals surface area contributed by atoms with E-state index in [-0.39, 0.29) is 11.9 Å². The number of carbonyl (C=O) groups excluding carboxylic acids is 2. The molecule has 1 amide bonds. The second-order valence-electron chi connectivity index (χ2n) is 5.35. The highest BCUT2D eigenvalue weighted by Crippen LogP contribution is 2.23. The molecule has 0 aromatic carbocycles. The molecule has 1 aliphatic rings. The fourth-order valence-corrected chi connectivity index (χ4v) is 1.88. The van der Waals surface area contributed by atoms with E-state index in [4.69, 9.17) is 9.47 Å². The van der Waals surface area contributed by atoms with Crippen molar-refractivity contribution < 1.29 is 19.1 Å². The van der Waals surface area contributed by atoms with Crippen LogP contribution in [0.3, 0.4) is 0 Å². The molecule has 1 heterocycles. The highest BCUT2D eigenvalue weighted by Gasteiger charge is 2.39. The van der Waals surface area contributed by atoms with Crippen LogP contribution in [0.2, 0.25) is 0 Å². The van der Waals surface area contributed by atoms with Gasteiger partial charge < -0.3 is 9.47 Å². The minimum atomic E-state index is -0.552. The van der Waals surface area contributed by atoms with E-state index in [9.17, 15) is 9.59 Å². The maximum Gasteiger partial charge on any atom is 0.410 e. The van der Waals surface area contributed by atoms with Crippen LogP contribution in [0.5, 0.6) is 0 Å². The average molecular weight is 243 g/mol. The number of hydrogen-bond acceptors (Lipinski definition) is 4. The van der Waals surface area contributed by atoms with Crippen LogP contribution in [0.1, 0.15) is 34.1 Å². The second kappa shape index (κ2) is 5.04. The zero-order valence-corrected chi connectivity index (χ0v) is 11.1. The minimum absolute atomic E-state index is 0.0320. The molecule has 0 radical (unpaired) electrons. The summed E-state index contributed by atoms with van der Waals surface area (Å²) in [5.74, 6) is -0.0320. The van der Waals surface area contributed by atoms with Crippen LogP contribution in [0.15, 0.2) is 0 Å². The predicted octanol–water partition coefficient (Wildman–Crippen LogP) is 1.60. The van der Waals surface area contributed by atoms with Crippen LogP contribution in [-0.4, -0.2) is 48.2 Å². The molecule has 0 aromatic rings. The first-order chi connectivity index (χ1) is 7.74. The average Bonchev–Trinajstić information content (AvgIpc) is 2.58. The monoisotopic (exact) mass is 243 g/mol. The number of methoxy groups -OCH3 is 1. The number of nitrogens with zero attached hydrogens (tertiary/aromatic N) is 1. The summed E-state index contributed by atoms with van der Waals surface area (Å²) in [7, 11) is 1.58. The van der Waals surface area contributed by atoms with E-state index in [1.54, 1.807) is 27.9 Å². The molecule has 0 bridgehead atoms. The number of ether oxygens (including phenoxy) is 2. The van der Waals surface area contributed by atoms with Crippen molar-refractivity contribution in [3.63, 3.8) is 0 Å². The molecule has 0 spiro atoms. The van der Waals surface area contributed by atoms with Gasteiger partial charge in [-0.1, -0.05) is 0 Å². The molecular formula is C12H21NO4. The van der Waals surface area contributed by atoms with Crippen molar-refractivity contribution in [3.8, 4) is 0 Å². The van der Waals surface area contributed by atoms with Crippen molar-refractivity contribution in [2.24, 2.45) is 0 Å². The van der Waals surface area contributed by atoms with Crippen LogP contribution >= 0.6 is 0 Å². The standard InChI is InChI=1S/C12H21NO4/c1-8(14)10-6-9(16-5)7-13(10)11(15)17-12(2,3)4/h9-10H,6-7H2,1-5H3/t9?,10-/m1/s1. The van der Waals surface area contributed by atoms with E-state index in [0.717, 1.165) is 0 Å². The summed E-state index contributed by atoms with van der Waals surface area (Å²) in [5, 5.41) is 0. The maximum absolute atomic E-state index is 11.9. The molecule has 0 saturated carbocycles. The Labute approximate surface area is 102 Å². The van der Waals surface area contributed by atoms with E-state index in [0.29, 0.717) is 13.0 Å². The van der Waals surface area contributed by atoms with Crippen LogP contribution in [0.25, 0.3) is 0 Å². The first-order valence-corrected chi connectivity index (χ1v) is 5.77. The van der Waals surface area contributed by atoms with Gasteiger partial charge in [-0.25, -0.2) is 4.79 Å². The predicted molar refractivity (Wildman–Crippen MR) is 62.8 cm³/mol. The van der Waals surface area contributed by atoms with Gasteiger partial charge in [-0.3, -0.25) is 9.69 Å². The van der Waals surface area contributed by atoms with Gasteiger partial charge in [0, 0.05) is 13.5 Å². The van der Waals surface area contributed by atoms with Gasteiger partial charge in [0.25, 0.3) is 0 Å². The van der Waals surface area contributed by atoms with E-state index >= 15 is 0 Å². The van der Waals surface area contributed by atoms with Crippen LogP contribution in [0.4, 0.5) is 4.79 Å². The molecule has 0 N–H and O–H groups in total. The lowest BCUT2D eigenvalue weighted by Crippen LogP contribution is -2.42. The lowest BCUT2D eigenvalue weighted by atomic mass is 10.1. The number of ketones is 1. The fraction of sp³-hybridized carbons (Fsp3) is 0.833. The second-order valence-corrected chi connectivity index (χ2v) is 5.35. The van der Waals surface area contributed by atoms with Crippen molar-refractivity contribution in [1.82, 2.24) is 4.90 Å².